The average Bonchev–Trinajstić information content (AvgIpc) is 3.63. The highest BCUT2D eigenvalue weighted by Crippen LogP contribution is 2.48. The third kappa shape index (κ3) is 7.04. The van der Waals surface area contributed by atoms with Crippen LogP contribution in [0.1, 0.15) is 44.0 Å². The Kier molecular flexibility index (Phi) is 8.96. The van der Waals surface area contributed by atoms with Crippen molar-refractivity contribution in [2.75, 3.05) is 29.4 Å². The molecular weight excluding hydrogens is 571 g/mol. The Bertz CT molecular complexity index is 1430. The number of anilines is 2. The summed E-state index contributed by atoms with van der Waals surface area (Å²) < 4.78 is 32.1. The number of hydrogen-bond acceptors (Lipinski definition) is 9. The number of sulfonamides is 1. The highest BCUT2D eigenvalue weighted by molar-refractivity contribution is 7.92. The highest BCUT2D eigenvalue weighted by Gasteiger charge is 2.30. The van der Waals surface area contributed by atoms with Gasteiger partial charge in [-0.2, -0.15) is 0 Å². The second kappa shape index (κ2) is 12.0. The van der Waals surface area contributed by atoms with Crippen LogP contribution in [0.3, 0.4) is 0 Å². The predicted octanol–water partition coefficient (Wildman–Crippen LogP) is 5.76. The lowest BCUT2D eigenvalue weighted by molar-refractivity contribution is 0.168. The molecule has 38 heavy (non-hydrogen) atoms. The summed E-state index contributed by atoms with van der Waals surface area (Å²) in [5.74, 6) is 0.708. The van der Waals surface area contributed by atoms with Crippen LogP contribution in [0.15, 0.2) is 24.4 Å². The molecule has 14 heteroatoms. The Balaban J connectivity index is 1.69. The molecule has 0 radical (unpaired) electrons. The monoisotopic (exact) mass is 598 g/mol. The molecule has 3 N–H and O–H groups in total. The van der Waals surface area contributed by atoms with E-state index in [1.165, 1.54) is 24.5 Å². The van der Waals surface area contributed by atoms with E-state index in [9.17, 15) is 13.2 Å². The summed E-state index contributed by atoms with van der Waals surface area (Å²) in [6.45, 7) is 3.99. The number of amides is 1. The second-order valence-corrected chi connectivity index (χ2v) is 12.6. The SMILES string of the molecule is CCCS(=O)(=O)Nc1cc(Cl)cc(-c2nc(C3CC3)sc2-c2ccnc(NC[C@H](C)NC(=O)OC)n2)c1Cl. The molecule has 2 heterocycles. The molecule has 3 aromatic rings. The zero-order valence-corrected chi connectivity index (χ0v) is 24.2. The van der Waals surface area contributed by atoms with Gasteiger partial charge in [0.25, 0.3) is 0 Å². The Hall–Kier alpha value is -2.67. The number of methoxy groups -OCH3 is 1. The Labute approximate surface area is 235 Å². The molecule has 1 fully saturated rings. The Morgan fingerprint density at radius 3 is 2.71 bits per heavy atom. The van der Waals surface area contributed by atoms with Crippen molar-refractivity contribution in [1.82, 2.24) is 20.3 Å². The molecule has 1 atom stereocenters. The zero-order valence-electron chi connectivity index (χ0n) is 21.0. The smallest absolute Gasteiger partial charge is 0.407 e. The molecular formula is C24H28Cl2N6O4S2. The summed E-state index contributed by atoms with van der Waals surface area (Å²) in [6.07, 6.45) is 3.68. The van der Waals surface area contributed by atoms with E-state index in [2.05, 4.69) is 30.1 Å². The summed E-state index contributed by atoms with van der Waals surface area (Å²) >= 11 is 14.7. The van der Waals surface area contributed by atoms with Crippen molar-refractivity contribution in [3.63, 3.8) is 0 Å². The quantitative estimate of drug-likeness (QED) is 0.253. The van der Waals surface area contributed by atoms with Gasteiger partial charge >= 0.3 is 6.09 Å². The molecule has 1 aromatic carbocycles. The van der Waals surface area contributed by atoms with Crippen molar-refractivity contribution < 1.29 is 17.9 Å². The Morgan fingerprint density at radius 2 is 2.03 bits per heavy atom. The fourth-order valence-electron chi connectivity index (χ4n) is 3.65. The summed E-state index contributed by atoms with van der Waals surface area (Å²) in [7, 11) is -2.28. The van der Waals surface area contributed by atoms with E-state index in [1.54, 1.807) is 25.3 Å². The molecule has 0 bridgehead atoms. The largest absolute Gasteiger partial charge is 0.453 e. The standard InChI is InChI=1S/C24H28Cl2N6O4S2/c1-4-9-38(34,35)32-18-11-15(25)10-16(19(18)26)20-21(37-22(31-20)14-5-6-14)17-7-8-27-23(30-17)28-12-13(2)29-24(33)36-3/h7-8,10-11,13-14,32H,4-6,9,12H2,1-3H3,(H,29,33)(H,27,28,30)/t13-/m0/s1. The number of nitrogens with zero attached hydrogens (tertiary/aromatic N) is 3. The van der Waals surface area contributed by atoms with E-state index < -0.39 is 16.1 Å². The van der Waals surface area contributed by atoms with Gasteiger partial charge in [0.15, 0.2) is 0 Å². The van der Waals surface area contributed by atoms with Gasteiger partial charge in [-0.15, -0.1) is 11.3 Å². The van der Waals surface area contributed by atoms with Crippen molar-refractivity contribution in [3.05, 3.63) is 39.4 Å². The number of thiazole rings is 1. The van der Waals surface area contributed by atoms with Gasteiger partial charge in [-0.3, -0.25) is 4.72 Å². The predicted molar refractivity (Wildman–Crippen MR) is 152 cm³/mol. The van der Waals surface area contributed by atoms with Gasteiger partial charge in [0.2, 0.25) is 16.0 Å². The topological polar surface area (TPSA) is 135 Å². The number of benzene rings is 1. The summed E-state index contributed by atoms with van der Waals surface area (Å²) in [5, 5.41) is 7.29. The van der Waals surface area contributed by atoms with Gasteiger partial charge < -0.3 is 15.4 Å². The van der Waals surface area contributed by atoms with Crippen LogP contribution in [-0.2, 0) is 14.8 Å². The van der Waals surface area contributed by atoms with E-state index >= 15 is 0 Å². The minimum Gasteiger partial charge on any atom is -0.453 e. The maximum Gasteiger partial charge on any atom is 0.407 e. The molecule has 10 nitrogen and oxygen atoms in total. The maximum absolute atomic E-state index is 12.4. The lowest BCUT2D eigenvalue weighted by Crippen LogP contribution is -2.37. The Morgan fingerprint density at radius 1 is 1.26 bits per heavy atom. The van der Waals surface area contributed by atoms with Gasteiger partial charge in [0.1, 0.15) is 0 Å². The number of ether oxygens (including phenoxy) is 1. The average molecular weight is 600 g/mol. The molecule has 0 saturated heterocycles. The molecule has 1 aliphatic carbocycles. The third-order valence-electron chi connectivity index (χ3n) is 5.61. The second-order valence-electron chi connectivity index (χ2n) is 8.92. The van der Waals surface area contributed by atoms with Gasteiger partial charge in [-0.25, -0.2) is 28.2 Å². The first kappa shape index (κ1) is 28.3. The van der Waals surface area contributed by atoms with Crippen LogP contribution in [-0.4, -0.2) is 54.9 Å². The molecule has 1 amide bonds. The van der Waals surface area contributed by atoms with Crippen LogP contribution >= 0.6 is 34.5 Å². The first-order chi connectivity index (χ1) is 18.1. The highest BCUT2D eigenvalue weighted by atomic mass is 35.5. The first-order valence-electron chi connectivity index (χ1n) is 12.0. The van der Waals surface area contributed by atoms with Crippen LogP contribution in [0.5, 0.6) is 0 Å². The van der Waals surface area contributed by atoms with E-state index in [-0.39, 0.29) is 22.5 Å². The van der Waals surface area contributed by atoms with Gasteiger partial charge in [-0.05, 0) is 44.4 Å². The fourth-order valence-corrected chi connectivity index (χ4v) is 6.52. The van der Waals surface area contributed by atoms with Crippen LogP contribution in [0, 0.1) is 0 Å². The van der Waals surface area contributed by atoms with Crippen molar-refractivity contribution in [3.8, 4) is 21.8 Å². The van der Waals surface area contributed by atoms with Crippen molar-refractivity contribution >= 4 is 62.3 Å². The molecule has 0 unspecified atom stereocenters. The number of nitrogens with one attached hydrogen (secondary N) is 3. The number of carbonyl (C=O) groups is 1. The van der Waals surface area contributed by atoms with Crippen molar-refractivity contribution in [2.45, 2.75) is 45.1 Å². The van der Waals surface area contributed by atoms with Gasteiger partial charge in [-0.1, -0.05) is 30.1 Å². The van der Waals surface area contributed by atoms with Crippen molar-refractivity contribution in [1.29, 1.82) is 0 Å². The molecule has 1 saturated carbocycles. The molecule has 1 aliphatic rings. The van der Waals surface area contributed by atoms with Crippen molar-refractivity contribution in [2.24, 2.45) is 0 Å². The number of halogens is 2. The lowest BCUT2D eigenvalue weighted by Gasteiger charge is -2.14. The maximum atomic E-state index is 12.4. The molecule has 0 spiro atoms. The molecule has 2 aromatic heterocycles. The number of hydrogen-bond donors (Lipinski definition) is 3. The van der Waals surface area contributed by atoms with E-state index in [0.717, 1.165) is 22.7 Å². The molecule has 0 aliphatic heterocycles. The first-order valence-corrected chi connectivity index (χ1v) is 15.2. The van der Waals surface area contributed by atoms with Crippen LogP contribution in [0.4, 0.5) is 16.4 Å². The van der Waals surface area contributed by atoms with Crippen LogP contribution in [0.25, 0.3) is 21.8 Å². The summed E-state index contributed by atoms with van der Waals surface area (Å²) in [5.41, 5.74) is 1.91. The third-order valence-corrected chi connectivity index (χ3v) is 8.95. The zero-order chi connectivity index (χ0) is 27.4. The van der Waals surface area contributed by atoms with Crippen LogP contribution in [0.2, 0.25) is 10.0 Å². The number of carbonyl (C=O) groups excluding carboxylic acids is 1. The minimum atomic E-state index is -3.59. The van der Waals surface area contributed by atoms with E-state index in [4.69, 9.17) is 28.2 Å². The number of rotatable bonds is 11. The number of alkyl carbamates (subject to hydrolysis) is 1. The van der Waals surface area contributed by atoms with E-state index in [1.807, 2.05) is 6.92 Å². The molecule has 4 rings (SSSR count). The van der Waals surface area contributed by atoms with E-state index in [0.29, 0.717) is 46.8 Å². The normalized spacial score (nSPS) is 14.1. The fraction of sp³-hybridized carbons (Fsp3) is 0.417. The van der Waals surface area contributed by atoms with Gasteiger partial charge in [0, 0.05) is 35.3 Å². The summed E-state index contributed by atoms with van der Waals surface area (Å²) in [6, 6.07) is 4.72. The van der Waals surface area contributed by atoms with Crippen LogP contribution < -0.4 is 15.4 Å². The van der Waals surface area contributed by atoms with Gasteiger partial charge in [0.05, 0.1) is 44.8 Å². The minimum absolute atomic E-state index is 0.0383. The molecule has 204 valence electrons. The lowest BCUT2D eigenvalue weighted by atomic mass is 10.1. The summed E-state index contributed by atoms with van der Waals surface area (Å²) in [4.78, 5) is 26.1. The number of aromatic nitrogens is 3.